The maximum Gasteiger partial charge on any atom is 0.224 e. The first-order valence-corrected chi connectivity index (χ1v) is 10.2. The first-order valence-electron chi connectivity index (χ1n) is 10.2. The summed E-state index contributed by atoms with van der Waals surface area (Å²) in [6.45, 7) is 9.31. The summed E-state index contributed by atoms with van der Waals surface area (Å²) in [5.41, 5.74) is 5.97. The molecule has 0 aliphatic carbocycles. The monoisotopic (exact) mass is 400 g/mol. The largest absolute Gasteiger partial charge is 0.492 e. The number of benzene rings is 2. The zero-order valence-corrected chi connectivity index (χ0v) is 17.2. The molecule has 1 amide bonds. The zero-order valence-electron chi connectivity index (χ0n) is 17.2. The molecule has 1 atom stereocenters. The van der Waals surface area contributed by atoms with Crippen LogP contribution in [0.15, 0.2) is 65.8 Å². The van der Waals surface area contributed by atoms with Gasteiger partial charge in [0.2, 0.25) is 5.91 Å². The van der Waals surface area contributed by atoms with Crippen LogP contribution in [-0.2, 0) is 11.2 Å². The van der Waals surface area contributed by atoms with E-state index in [0.717, 1.165) is 46.1 Å². The molecular weight excluding hydrogens is 376 g/mol. The second-order valence-electron chi connectivity index (χ2n) is 7.87. The third-order valence-corrected chi connectivity index (χ3v) is 5.91. The van der Waals surface area contributed by atoms with Crippen LogP contribution in [0.25, 0.3) is 16.8 Å². The van der Waals surface area contributed by atoms with Gasteiger partial charge < -0.3 is 19.0 Å². The number of hydrogen-bond acceptors (Lipinski definition) is 4. The van der Waals surface area contributed by atoms with Crippen molar-refractivity contribution in [3.05, 3.63) is 72.7 Å². The van der Waals surface area contributed by atoms with Crippen molar-refractivity contribution in [1.29, 1.82) is 0 Å². The second-order valence-corrected chi connectivity index (χ2v) is 7.87. The molecule has 2 aromatic carbocycles. The van der Waals surface area contributed by atoms with Gasteiger partial charge in [-0.25, -0.2) is 0 Å². The summed E-state index contributed by atoms with van der Waals surface area (Å²) in [7, 11) is 0. The molecule has 3 heterocycles. The highest BCUT2D eigenvalue weighted by Crippen LogP contribution is 2.44. The lowest BCUT2D eigenvalue weighted by molar-refractivity contribution is -0.117. The van der Waals surface area contributed by atoms with Gasteiger partial charge in [-0.3, -0.25) is 4.79 Å². The van der Waals surface area contributed by atoms with Crippen LogP contribution in [0.4, 0.5) is 11.4 Å². The number of fused-ring (bicyclic) bond motifs is 2. The molecule has 0 unspecified atom stereocenters. The molecule has 5 nitrogen and oxygen atoms in total. The van der Waals surface area contributed by atoms with Gasteiger partial charge >= 0.3 is 0 Å². The molecule has 0 N–H and O–H groups in total. The molecule has 0 fully saturated rings. The van der Waals surface area contributed by atoms with Gasteiger partial charge in [-0.15, -0.1) is 0 Å². The summed E-state index contributed by atoms with van der Waals surface area (Å²) >= 11 is 0. The minimum Gasteiger partial charge on any atom is -0.492 e. The number of para-hydroxylation sites is 1. The molecule has 0 bridgehead atoms. The summed E-state index contributed by atoms with van der Waals surface area (Å²) < 4.78 is 11.5. The second kappa shape index (κ2) is 7.10. The minimum absolute atomic E-state index is 0.0110. The Morgan fingerprint density at radius 1 is 1.13 bits per heavy atom. The van der Waals surface area contributed by atoms with E-state index in [0.29, 0.717) is 13.2 Å². The SMILES string of the molecule is C=C(c1ccco1)N1C[C@H](C)N(C(C)=O)c2ccc(-c3cccc4c3OCC4)cc21. The van der Waals surface area contributed by atoms with Crippen molar-refractivity contribution in [2.75, 3.05) is 23.0 Å². The molecular formula is C25H24N2O3. The first-order chi connectivity index (χ1) is 14.5. The van der Waals surface area contributed by atoms with Crippen molar-refractivity contribution in [2.45, 2.75) is 26.3 Å². The van der Waals surface area contributed by atoms with Gasteiger partial charge in [-0.05, 0) is 42.3 Å². The molecule has 3 aromatic rings. The van der Waals surface area contributed by atoms with Crippen molar-refractivity contribution < 1.29 is 13.9 Å². The fraction of sp³-hybridized carbons (Fsp3) is 0.240. The highest BCUT2D eigenvalue weighted by molar-refractivity contribution is 6.00. The normalized spacial score (nSPS) is 17.3. The van der Waals surface area contributed by atoms with Gasteiger partial charge in [-0.1, -0.05) is 30.8 Å². The third kappa shape index (κ3) is 2.89. The Morgan fingerprint density at radius 2 is 2.00 bits per heavy atom. The van der Waals surface area contributed by atoms with E-state index in [1.165, 1.54) is 5.56 Å². The van der Waals surface area contributed by atoms with E-state index >= 15 is 0 Å². The fourth-order valence-electron chi connectivity index (χ4n) is 4.55. The van der Waals surface area contributed by atoms with Gasteiger partial charge in [0.25, 0.3) is 0 Å². The smallest absolute Gasteiger partial charge is 0.224 e. The van der Waals surface area contributed by atoms with Crippen LogP contribution in [-0.4, -0.2) is 25.1 Å². The number of anilines is 2. The molecule has 2 aliphatic heterocycles. The van der Waals surface area contributed by atoms with E-state index in [4.69, 9.17) is 9.15 Å². The molecule has 0 saturated carbocycles. The minimum atomic E-state index is 0.0110. The van der Waals surface area contributed by atoms with Crippen LogP contribution in [0.1, 0.15) is 25.2 Å². The average molecular weight is 400 g/mol. The zero-order chi connectivity index (χ0) is 20.8. The molecule has 5 rings (SSSR count). The van der Waals surface area contributed by atoms with Crippen molar-refractivity contribution >= 4 is 23.0 Å². The van der Waals surface area contributed by atoms with Crippen LogP contribution in [0.3, 0.4) is 0 Å². The maximum absolute atomic E-state index is 12.4. The van der Waals surface area contributed by atoms with Gasteiger partial charge in [0.15, 0.2) is 0 Å². The van der Waals surface area contributed by atoms with Gasteiger partial charge in [0.1, 0.15) is 11.5 Å². The van der Waals surface area contributed by atoms with Gasteiger partial charge in [0, 0.05) is 25.5 Å². The topological polar surface area (TPSA) is 45.9 Å². The Labute approximate surface area is 176 Å². The molecule has 0 spiro atoms. The number of carbonyl (C=O) groups is 1. The van der Waals surface area contributed by atoms with Crippen LogP contribution in [0, 0.1) is 0 Å². The van der Waals surface area contributed by atoms with E-state index < -0.39 is 0 Å². The summed E-state index contributed by atoms with van der Waals surface area (Å²) in [5.74, 6) is 1.71. The number of carbonyl (C=O) groups excluding carboxylic acids is 1. The van der Waals surface area contributed by atoms with E-state index in [2.05, 4.69) is 48.7 Å². The Kier molecular flexibility index (Phi) is 4.39. The molecule has 0 radical (unpaired) electrons. The average Bonchev–Trinajstić information content (AvgIpc) is 3.43. The third-order valence-electron chi connectivity index (χ3n) is 5.91. The predicted octanol–water partition coefficient (Wildman–Crippen LogP) is 5.11. The van der Waals surface area contributed by atoms with E-state index in [-0.39, 0.29) is 11.9 Å². The predicted molar refractivity (Wildman–Crippen MR) is 119 cm³/mol. The summed E-state index contributed by atoms with van der Waals surface area (Å²) in [6, 6.07) is 16.3. The number of amides is 1. The standard InChI is InChI=1S/C25H24N2O3/c1-16-15-26(17(2)24-8-5-12-29-24)23-14-20(9-10-22(23)27(16)18(3)28)21-7-4-6-19-11-13-30-25(19)21/h4-10,12,14,16H,2,11,13,15H2,1,3H3/t16-/m0/s1. The highest BCUT2D eigenvalue weighted by Gasteiger charge is 2.33. The number of ether oxygens (including phenoxy) is 1. The van der Waals surface area contributed by atoms with E-state index in [9.17, 15) is 4.79 Å². The molecule has 30 heavy (non-hydrogen) atoms. The van der Waals surface area contributed by atoms with Crippen molar-refractivity contribution in [3.8, 4) is 16.9 Å². The summed E-state index contributed by atoms with van der Waals surface area (Å²) in [4.78, 5) is 16.4. The Morgan fingerprint density at radius 3 is 2.77 bits per heavy atom. The molecule has 1 aromatic heterocycles. The lowest BCUT2D eigenvalue weighted by Gasteiger charge is -2.42. The van der Waals surface area contributed by atoms with E-state index in [1.807, 2.05) is 23.1 Å². The van der Waals surface area contributed by atoms with Crippen LogP contribution in [0.2, 0.25) is 0 Å². The number of furan rings is 1. The highest BCUT2D eigenvalue weighted by atomic mass is 16.5. The van der Waals surface area contributed by atoms with E-state index in [1.54, 1.807) is 13.2 Å². The first kappa shape index (κ1) is 18.6. The molecule has 152 valence electrons. The lowest BCUT2D eigenvalue weighted by Crippen LogP contribution is -2.48. The van der Waals surface area contributed by atoms with Gasteiger partial charge in [0.05, 0.1) is 36.0 Å². The van der Waals surface area contributed by atoms with Crippen LogP contribution in [0.5, 0.6) is 5.75 Å². The molecule has 5 heteroatoms. The Hall–Kier alpha value is -3.47. The Balaban J connectivity index is 1.66. The summed E-state index contributed by atoms with van der Waals surface area (Å²) in [6.07, 6.45) is 2.59. The van der Waals surface area contributed by atoms with Crippen molar-refractivity contribution in [2.24, 2.45) is 0 Å². The fourth-order valence-corrected chi connectivity index (χ4v) is 4.55. The lowest BCUT2D eigenvalue weighted by atomic mass is 9.97. The van der Waals surface area contributed by atoms with Crippen molar-refractivity contribution in [3.63, 3.8) is 0 Å². The van der Waals surface area contributed by atoms with Crippen molar-refractivity contribution in [1.82, 2.24) is 0 Å². The molecule has 2 aliphatic rings. The quantitative estimate of drug-likeness (QED) is 0.613. The molecule has 0 saturated heterocycles. The Bertz CT molecular complexity index is 1130. The van der Waals surface area contributed by atoms with Crippen LogP contribution < -0.4 is 14.5 Å². The summed E-state index contributed by atoms with van der Waals surface area (Å²) in [5, 5.41) is 0. The van der Waals surface area contributed by atoms with Crippen LogP contribution >= 0.6 is 0 Å². The maximum atomic E-state index is 12.4. The van der Waals surface area contributed by atoms with Gasteiger partial charge in [-0.2, -0.15) is 0 Å². The number of hydrogen-bond donors (Lipinski definition) is 0. The number of nitrogens with zero attached hydrogens (tertiary/aromatic N) is 2. The number of rotatable bonds is 3.